The molecule has 3 heterocycles. The maximum Gasteiger partial charge on any atom is 0.325 e. The first kappa shape index (κ1) is 18.4. The summed E-state index contributed by atoms with van der Waals surface area (Å²) in [5.41, 5.74) is 5.48. The minimum atomic E-state index is -0.116. The van der Waals surface area contributed by atoms with E-state index in [1.54, 1.807) is 18.5 Å². The molecule has 0 bridgehead atoms. The van der Waals surface area contributed by atoms with E-state index in [1.165, 1.54) is 22.5 Å². The number of nitrogens with zero attached hydrogens (tertiary/aromatic N) is 4. The SMILES string of the molecule is CC(C)c1ccc(N2CCc3cc(Oc4nc(O)c5ccncc5n4)ccc32)cc1. The number of ether oxygens (including phenoxy) is 1. The number of aromatic nitrogens is 3. The summed E-state index contributed by atoms with van der Waals surface area (Å²) in [6.45, 7) is 5.34. The van der Waals surface area contributed by atoms with Crippen molar-refractivity contribution >= 4 is 22.3 Å². The molecule has 2 aromatic heterocycles. The van der Waals surface area contributed by atoms with Crippen LogP contribution in [0.3, 0.4) is 0 Å². The molecule has 30 heavy (non-hydrogen) atoms. The summed E-state index contributed by atoms with van der Waals surface area (Å²) in [5.74, 6) is 1.06. The Morgan fingerprint density at radius 2 is 1.87 bits per heavy atom. The van der Waals surface area contributed by atoms with E-state index in [1.807, 2.05) is 12.1 Å². The molecule has 0 spiro atoms. The molecule has 0 fully saturated rings. The predicted molar refractivity (Wildman–Crippen MR) is 117 cm³/mol. The quantitative estimate of drug-likeness (QED) is 0.500. The van der Waals surface area contributed by atoms with Gasteiger partial charge in [-0.2, -0.15) is 9.97 Å². The molecule has 0 saturated carbocycles. The third-order valence-corrected chi connectivity index (χ3v) is 5.49. The highest BCUT2D eigenvalue weighted by atomic mass is 16.5. The number of hydrogen-bond donors (Lipinski definition) is 1. The average molecular weight is 398 g/mol. The molecule has 2 aromatic carbocycles. The number of rotatable bonds is 4. The standard InChI is InChI=1S/C24H22N4O2/c1-15(2)16-3-5-18(6-4-16)28-12-10-17-13-19(7-8-22(17)28)30-24-26-21-14-25-11-9-20(21)23(29)27-24/h3-9,11,13-15H,10,12H2,1-2H3,(H,26,27,29). The molecular formula is C24H22N4O2. The van der Waals surface area contributed by atoms with Gasteiger partial charge in [0.1, 0.15) is 5.75 Å². The van der Waals surface area contributed by atoms with Crippen LogP contribution in [0.25, 0.3) is 10.9 Å². The monoisotopic (exact) mass is 398 g/mol. The third-order valence-electron chi connectivity index (χ3n) is 5.49. The van der Waals surface area contributed by atoms with Crippen LogP contribution in [-0.2, 0) is 6.42 Å². The Labute approximate surface area is 174 Å². The lowest BCUT2D eigenvalue weighted by molar-refractivity contribution is 0.412. The van der Waals surface area contributed by atoms with Gasteiger partial charge in [-0.1, -0.05) is 26.0 Å². The van der Waals surface area contributed by atoms with Crippen molar-refractivity contribution in [3.05, 3.63) is 72.1 Å². The second kappa shape index (κ2) is 7.30. The Morgan fingerprint density at radius 1 is 1.03 bits per heavy atom. The van der Waals surface area contributed by atoms with Gasteiger partial charge in [0.2, 0.25) is 5.88 Å². The van der Waals surface area contributed by atoms with Gasteiger partial charge in [-0.05, 0) is 59.9 Å². The molecule has 6 heteroatoms. The maximum atomic E-state index is 10.1. The first-order chi connectivity index (χ1) is 14.6. The molecule has 1 aliphatic heterocycles. The summed E-state index contributed by atoms with van der Waals surface area (Å²) in [6, 6.07) is 16.6. The van der Waals surface area contributed by atoms with E-state index in [4.69, 9.17) is 4.74 Å². The molecule has 6 nitrogen and oxygen atoms in total. The number of anilines is 2. The van der Waals surface area contributed by atoms with Crippen molar-refractivity contribution in [1.82, 2.24) is 15.0 Å². The summed E-state index contributed by atoms with van der Waals surface area (Å²) >= 11 is 0. The third kappa shape index (κ3) is 3.30. The number of aromatic hydroxyl groups is 1. The maximum absolute atomic E-state index is 10.1. The van der Waals surface area contributed by atoms with Crippen molar-refractivity contribution in [3.8, 4) is 17.6 Å². The van der Waals surface area contributed by atoms with Gasteiger partial charge in [0.25, 0.3) is 0 Å². The van der Waals surface area contributed by atoms with E-state index in [0.717, 1.165) is 13.0 Å². The lowest BCUT2D eigenvalue weighted by atomic mass is 10.0. The molecule has 1 N–H and O–H groups in total. The molecule has 0 aliphatic carbocycles. The van der Waals surface area contributed by atoms with Gasteiger partial charge in [-0.15, -0.1) is 0 Å². The minimum Gasteiger partial charge on any atom is -0.493 e. The molecular weight excluding hydrogens is 376 g/mol. The van der Waals surface area contributed by atoms with Crippen LogP contribution in [0.1, 0.15) is 30.9 Å². The highest BCUT2D eigenvalue weighted by Crippen LogP contribution is 2.37. The molecule has 0 unspecified atom stereocenters. The van der Waals surface area contributed by atoms with E-state index >= 15 is 0 Å². The van der Waals surface area contributed by atoms with Gasteiger partial charge in [-0.25, -0.2) is 0 Å². The Hall–Kier alpha value is -3.67. The summed E-state index contributed by atoms with van der Waals surface area (Å²) in [4.78, 5) is 14.8. The summed E-state index contributed by atoms with van der Waals surface area (Å²) in [5, 5.41) is 10.7. The second-order valence-corrected chi connectivity index (χ2v) is 7.76. The Kier molecular flexibility index (Phi) is 4.47. The normalized spacial score (nSPS) is 13.1. The first-order valence-corrected chi connectivity index (χ1v) is 10.1. The van der Waals surface area contributed by atoms with E-state index in [-0.39, 0.29) is 11.9 Å². The largest absolute Gasteiger partial charge is 0.493 e. The van der Waals surface area contributed by atoms with E-state index in [2.05, 4.69) is 64.0 Å². The smallest absolute Gasteiger partial charge is 0.325 e. The Morgan fingerprint density at radius 3 is 2.67 bits per heavy atom. The fourth-order valence-corrected chi connectivity index (χ4v) is 3.84. The zero-order chi connectivity index (χ0) is 20.7. The van der Waals surface area contributed by atoms with Crippen molar-refractivity contribution in [2.24, 2.45) is 0 Å². The molecule has 0 radical (unpaired) electrons. The van der Waals surface area contributed by atoms with Gasteiger partial charge in [0, 0.05) is 24.1 Å². The van der Waals surface area contributed by atoms with Gasteiger partial charge >= 0.3 is 6.01 Å². The van der Waals surface area contributed by atoms with E-state index in [0.29, 0.717) is 22.6 Å². The van der Waals surface area contributed by atoms with Crippen LogP contribution in [0.4, 0.5) is 11.4 Å². The predicted octanol–water partition coefficient (Wildman–Crippen LogP) is 5.34. The summed E-state index contributed by atoms with van der Waals surface area (Å²) in [6.07, 6.45) is 4.11. The number of fused-ring (bicyclic) bond motifs is 2. The van der Waals surface area contributed by atoms with Gasteiger partial charge in [0.05, 0.1) is 17.1 Å². The lowest BCUT2D eigenvalue weighted by Crippen LogP contribution is -2.13. The zero-order valence-electron chi connectivity index (χ0n) is 16.9. The van der Waals surface area contributed by atoms with Gasteiger partial charge in [-0.3, -0.25) is 4.98 Å². The van der Waals surface area contributed by atoms with Crippen molar-refractivity contribution in [3.63, 3.8) is 0 Å². The van der Waals surface area contributed by atoms with Crippen LogP contribution in [0.5, 0.6) is 17.6 Å². The Bertz CT molecular complexity index is 1220. The zero-order valence-corrected chi connectivity index (χ0v) is 16.9. The highest BCUT2D eigenvalue weighted by Gasteiger charge is 2.21. The molecule has 1 aliphatic rings. The van der Waals surface area contributed by atoms with Crippen molar-refractivity contribution in [2.45, 2.75) is 26.2 Å². The van der Waals surface area contributed by atoms with Gasteiger partial charge in [0.15, 0.2) is 0 Å². The fourth-order valence-electron chi connectivity index (χ4n) is 3.84. The van der Waals surface area contributed by atoms with Crippen molar-refractivity contribution in [1.29, 1.82) is 0 Å². The van der Waals surface area contributed by atoms with E-state index < -0.39 is 0 Å². The van der Waals surface area contributed by atoms with Crippen molar-refractivity contribution < 1.29 is 9.84 Å². The minimum absolute atomic E-state index is 0.104. The first-order valence-electron chi connectivity index (χ1n) is 10.1. The molecule has 0 atom stereocenters. The van der Waals surface area contributed by atoms with Crippen LogP contribution in [0.15, 0.2) is 60.9 Å². The number of hydrogen-bond acceptors (Lipinski definition) is 6. The highest BCUT2D eigenvalue weighted by molar-refractivity contribution is 5.82. The summed E-state index contributed by atoms with van der Waals surface area (Å²) in [7, 11) is 0. The molecule has 0 saturated heterocycles. The van der Waals surface area contributed by atoms with Crippen LogP contribution in [-0.4, -0.2) is 26.6 Å². The van der Waals surface area contributed by atoms with Crippen LogP contribution in [0, 0.1) is 0 Å². The number of benzene rings is 2. The second-order valence-electron chi connectivity index (χ2n) is 7.76. The molecule has 5 rings (SSSR count). The topological polar surface area (TPSA) is 71.4 Å². The van der Waals surface area contributed by atoms with Crippen LogP contribution < -0.4 is 9.64 Å². The molecule has 0 amide bonds. The molecule has 150 valence electrons. The molecule has 4 aromatic rings. The Balaban J connectivity index is 1.40. The van der Waals surface area contributed by atoms with E-state index in [9.17, 15) is 5.11 Å². The number of pyridine rings is 1. The van der Waals surface area contributed by atoms with Gasteiger partial charge < -0.3 is 14.7 Å². The van der Waals surface area contributed by atoms with Crippen LogP contribution >= 0.6 is 0 Å². The fraction of sp³-hybridized carbons (Fsp3) is 0.208. The van der Waals surface area contributed by atoms with Crippen molar-refractivity contribution in [2.75, 3.05) is 11.4 Å². The van der Waals surface area contributed by atoms with Crippen LogP contribution in [0.2, 0.25) is 0 Å². The summed E-state index contributed by atoms with van der Waals surface area (Å²) < 4.78 is 5.85. The lowest BCUT2D eigenvalue weighted by Gasteiger charge is -2.20. The average Bonchev–Trinajstić information content (AvgIpc) is 3.17.